The van der Waals surface area contributed by atoms with Crippen LogP contribution in [0.3, 0.4) is 0 Å². The minimum Gasteiger partial charge on any atom is -0.495 e. The second-order valence-corrected chi connectivity index (χ2v) is 7.28. The summed E-state index contributed by atoms with van der Waals surface area (Å²) in [6, 6.07) is 5.40. The average molecular weight is 394 g/mol. The van der Waals surface area contributed by atoms with Gasteiger partial charge < -0.3 is 19.7 Å². The van der Waals surface area contributed by atoms with Crippen molar-refractivity contribution in [3.63, 3.8) is 0 Å². The van der Waals surface area contributed by atoms with Crippen LogP contribution in [0.15, 0.2) is 24.4 Å². The summed E-state index contributed by atoms with van der Waals surface area (Å²) in [5, 5.41) is 10.4. The molecule has 29 heavy (non-hydrogen) atoms. The number of amides is 1. The molecule has 1 aliphatic carbocycles. The van der Waals surface area contributed by atoms with Crippen molar-refractivity contribution in [1.82, 2.24) is 25.1 Å². The minimum absolute atomic E-state index is 0.0211. The molecule has 1 aromatic carbocycles. The molecule has 1 aliphatic heterocycles. The van der Waals surface area contributed by atoms with Crippen LogP contribution in [-0.2, 0) is 4.74 Å². The van der Waals surface area contributed by atoms with Crippen LogP contribution in [0, 0.1) is 0 Å². The number of carbonyl (C=O) groups excluding carboxylic acids is 1. The second-order valence-electron chi connectivity index (χ2n) is 7.28. The summed E-state index contributed by atoms with van der Waals surface area (Å²) >= 11 is 0. The fourth-order valence-electron chi connectivity index (χ4n) is 3.48. The molecule has 1 amide bonds. The third-order valence-electron chi connectivity index (χ3n) is 5.26. The van der Waals surface area contributed by atoms with Gasteiger partial charge in [-0.25, -0.2) is 9.97 Å². The zero-order valence-electron chi connectivity index (χ0n) is 16.1. The average Bonchev–Trinajstić information content (AvgIpc) is 3.51. The standard InChI is InChI=1S/C20H22N6O3/c1-28-16-10-13(20(27)26-6-8-29-9-7-26)4-5-14(16)22-19-17-15(11-21-25-17)23-18(24-19)12-2-3-12/h4-5,10-12H,2-3,6-9H2,1H3,(H,21,25)(H,22,23,24). The lowest BCUT2D eigenvalue weighted by atomic mass is 10.1. The van der Waals surface area contributed by atoms with Crippen LogP contribution in [0.5, 0.6) is 5.75 Å². The van der Waals surface area contributed by atoms with Gasteiger partial charge in [-0.05, 0) is 31.0 Å². The van der Waals surface area contributed by atoms with Crippen LogP contribution in [0.2, 0.25) is 0 Å². The number of carbonyl (C=O) groups is 1. The van der Waals surface area contributed by atoms with E-state index in [1.165, 1.54) is 0 Å². The lowest BCUT2D eigenvalue weighted by Crippen LogP contribution is -2.40. The molecule has 2 fully saturated rings. The van der Waals surface area contributed by atoms with Crippen LogP contribution < -0.4 is 10.1 Å². The molecular weight excluding hydrogens is 372 g/mol. The fraction of sp³-hybridized carbons (Fsp3) is 0.400. The fourth-order valence-corrected chi connectivity index (χ4v) is 3.48. The quantitative estimate of drug-likeness (QED) is 0.685. The Kier molecular flexibility index (Phi) is 4.51. The third-order valence-corrected chi connectivity index (χ3v) is 5.26. The first kappa shape index (κ1) is 17.9. The van der Waals surface area contributed by atoms with Gasteiger partial charge in [-0.2, -0.15) is 5.10 Å². The Bertz CT molecular complexity index is 1060. The van der Waals surface area contributed by atoms with Gasteiger partial charge in [0.2, 0.25) is 0 Å². The van der Waals surface area contributed by atoms with Crippen molar-refractivity contribution in [2.45, 2.75) is 18.8 Å². The lowest BCUT2D eigenvalue weighted by Gasteiger charge is -2.27. The summed E-state index contributed by atoms with van der Waals surface area (Å²) in [6.07, 6.45) is 3.93. The van der Waals surface area contributed by atoms with E-state index < -0.39 is 0 Å². The third kappa shape index (κ3) is 3.49. The van der Waals surface area contributed by atoms with E-state index in [9.17, 15) is 4.79 Å². The molecule has 0 spiro atoms. The number of rotatable bonds is 5. The molecule has 2 aliphatic rings. The van der Waals surface area contributed by atoms with Crippen LogP contribution in [0.1, 0.15) is 34.9 Å². The Morgan fingerprint density at radius 2 is 2.10 bits per heavy atom. The van der Waals surface area contributed by atoms with Gasteiger partial charge in [0.15, 0.2) is 5.82 Å². The maximum atomic E-state index is 12.8. The van der Waals surface area contributed by atoms with E-state index >= 15 is 0 Å². The van der Waals surface area contributed by atoms with Crippen molar-refractivity contribution in [2.24, 2.45) is 0 Å². The SMILES string of the molecule is COc1cc(C(=O)N2CCOCC2)ccc1Nc1nc(C2CC2)nc2cn[nH]c12. The van der Waals surface area contributed by atoms with Crippen molar-refractivity contribution in [3.8, 4) is 5.75 Å². The molecule has 5 rings (SSSR count). The number of methoxy groups -OCH3 is 1. The number of anilines is 2. The van der Waals surface area contributed by atoms with Crippen molar-refractivity contribution in [3.05, 3.63) is 35.8 Å². The Morgan fingerprint density at radius 1 is 1.28 bits per heavy atom. The highest BCUT2D eigenvalue weighted by Gasteiger charge is 2.28. The molecule has 2 aromatic heterocycles. The van der Waals surface area contributed by atoms with Crippen LogP contribution in [0.25, 0.3) is 11.0 Å². The highest BCUT2D eigenvalue weighted by Crippen LogP contribution is 2.40. The molecule has 3 heterocycles. The Balaban J connectivity index is 1.45. The Labute approximate surface area is 167 Å². The molecule has 3 aromatic rings. The van der Waals surface area contributed by atoms with Crippen LogP contribution in [-0.4, -0.2) is 64.4 Å². The van der Waals surface area contributed by atoms with Crippen molar-refractivity contribution in [1.29, 1.82) is 0 Å². The summed E-state index contributed by atoms with van der Waals surface area (Å²) < 4.78 is 10.9. The van der Waals surface area contributed by atoms with E-state index in [1.807, 2.05) is 6.07 Å². The van der Waals surface area contributed by atoms with Gasteiger partial charge in [0.25, 0.3) is 5.91 Å². The predicted octanol–water partition coefficient (Wildman–Crippen LogP) is 2.45. The minimum atomic E-state index is -0.0211. The topological polar surface area (TPSA) is 105 Å². The predicted molar refractivity (Wildman–Crippen MR) is 107 cm³/mol. The van der Waals surface area contributed by atoms with Crippen molar-refractivity contribution >= 4 is 28.4 Å². The zero-order chi connectivity index (χ0) is 19.8. The molecule has 9 heteroatoms. The van der Waals surface area contributed by atoms with Crippen molar-refractivity contribution < 1.29 is 14.3 Å². The molecule has 0 bridgehead atoms. The smallest absolute Gasteiger partial charge is 0.254 e. The molecule has 150 valence electrons. The van der Waals surface area contributed by atoms with Crippen LogP contribution in [0.4, 0.5) is 11.5 Å². The highest BCUT2D eigenvalue weighted by molar-refractivity contribution is 5.96. The summed E-state index contributed by atoms with van der Waals surface area (Å²) in [6.45, 7) is 2.34. The first-order chi connectivity index (χ1) is 14.2. The number of ether oxygens (including phenoxy) is 2. The number of nitrogens with zero attached hydrogens (tertiary/aromatic N) is 4. The number of morpholine rings is 1. The Morgan fingerprint density at radius 3 is 2.86 bits per heavy atom. The van der Waals surface area contributed by atoms with Gasteiger partial charge in [0.05, 0.1) is 32.2 Å². The molecule has 1 saturated heterocycles. The largest absolute Gasteiger partial charge is 0.495 e. The Hall–Kier alpha value is -3.20. The van der Waals surface area contributed by atoms with Crippen molar-refractivity contribution in [2.75, 3.05) is 38.7 Å². The number of aromatic amines is 1. The highest BCUT2D eigenvalue weighted by atomic mass is 16.5. The van der Waals surface area contributed by atoms with Gasteiger partial charge >= 0.3 is 0 Å². The number of aromatic nitrogens is 4. The number of fused-ring (bicyclic) bond motifs is 1. The number of hydrogen-bond acceptors (Lipinski definition) is 7. The van der Waals surface area contributed by atoms with Gasteiger partial charge in [-0.3, -0.25) is 9.89 Å². The monoisotopic (exact) mass is 394 g/mol. The molecule has 2 N–H and O–H groups in total. The normalized spacial score (nSPS) is 16.8. The molecule has 1 saturated carbocycles. The molecule has 0 unspecified atom stereocenters. The molecule has 0 radical (unpaired) electrons. The maximum Gasteiger partial charge on any atom is 0.254 e. The second kappa shape index (κ2) is 7.32. The number of benzene rings is 1. The van der Waals surface area contributed by atoms with E-state index in [0.717, 1.165) is 35.4 Å². The number of H-pyrrole nitrogens is 1. The molecular formula is C20H22N6O3. The molecule has 9 nitrogen and oxygen atoms in total. The lowest BCUT2D eigenvalue weighted by molar-refractivity contribution is 0.0302. The maximum absolute atomic E-state index is 12.8. The van der Waals surface area contributed by atoms with Gasteiger partial charge in [0.1, 0.15) is 22.6 Å². The van der Waals surface area contributed by atoms with E-state index in [0.29, 0.717) is 49.4 Å². The number of hydrogen-bond donors (Lipinski definition) is 2. The van der Waals surface area contributed by atoms with E-state index in [1.54, 1.807) is 30.3 Å². The summed E-state index contributed by atoms with van der Waals surface area (Å²) in [7, 11) is 1.59. The number of nitrogens with one attached hydrogen (secondary N) is 2. The van der Waals surface area contributed by atoms with Gasteiger partial charge in [-0.1, -0.05) is 0 Å². The summed E-state index contributed by atoms with van der Waals surface area (Å²) in [5.41, 5.74) is 2.83. The van der Waals surface area contributed by atoms with Gasteiger partial charge in [-0.15, -0.1) is 0 Å². The molecule has 0 atom stereocenters. The van der Waals surface area contributed by atoms with E-state index in [-0.39, 0.29) is 5.91 Å². The first-order valence-electron chi connectivity index (χ1n) is 9.76. The van der Waals surface area contributed by atoms with Gasteiger partial charge in [0, 0.05) is 24.6 Å². The zero-order valence-corrected chi connectivity index (χ0v) is 16.1. The summed E-state index contributed by atoms with van der Waals surface area (Å²) in [4.78, 5) is 23.9. The van der Waals surface area contributed by atoms with Crippen LogP contribution >= 0.6 is 0 Å². The van der Waals surface area contributed by atoms with E-state index in [2.05, 4.69) is 20.5 Å². The van der Waals surface area contributed by atoms with E-state index in [4.69, 9.17) is 14.5 Å². The first-order valence-corrected chi connectivity index (χ1v) is 9.76. The summed E-state index contributed by atoms with van der Waals surface area (Å²) in [5.74, 6) is 2.46.